The third-order valence-corrected chi connectivity index (χ3v) is 8.93. The molecular formula is C40H68O7. The van der Waals surface area contributed by atoms with Crippen LogP contribution in [0.1, 0.15) is 162 Å². The average molecular weight is 661 g/mol. The molecule has 270 valence electrons. The fourth-order valence-corrected chi connectivity index (χ4v) is 5.90. The van der Waals surface area contributed by atoms with Crippen LogP contribution in [0.2, 0.25) is 0 Å². The van der Waals surface area contributed by atoms with Gasteiger partial charge >= 0.3 is 11.9 Å². The van der Waals surface area contributed by atoms with Gasteiger partial charge in [0.2, 0.25) is 0 Å². The van der Waals surface area contributed by atoms with Crippen molar-refractivity contribution in [1.29, 1.82) is 0 Å². The number of hydrogen-bond donors (Lipinski definition) is 2. The van der Waals surface area contributed by atoms with Crippen LogP contribution in [0.5, 0.6) is 0 Å². The SMILES string of the molecule is CCCCCCCCCCCCCCCCC(=O)OC[C@H](CO)OC(=O)CCC/C=C\C[C@H]1C=CC(=O)[C@@H]1/C=C/[C@@H](O)CCCCC. The predicted octanol–water partition coefficient (Wildman–Crippen LogP) is 9.29. The number of aliphatic hydroxyl groups is 2. The second-order valence-electron chi connectivity index (χ2n) is 13.3. The van der Waals surface area contributed by atoms with E-state index in [0.717, 1.165) is 44.9 Å². The van der Waals surface area contributed by atoms with Crippen LogP contribution in [0.15, 0.2) is 36.5 Å². The molecule has 1 aliphatic carbocycles. The van der Waals surface area contributed by atoms with Crippen molar-refractivity contribution in [3.63, 3.8) is 0 Å². The second kappa shape index (κ2) is 29.9. The van der Waals surface area contributed by atoms with Crippen LogP contribution in [0, 0.1) is 11.8 Å². The standard InChI is InChI=1S/C40H68O7/c1-3-5-7-8-9-10-11-12-13-14-15-16-17-22-26-39(44)46-33-36(32-41)47-40(45)27-23-19-18-21-24-34-28-31-38(43)37(34)30-29-35(42)25-20-6-4-2/h18,21,28-31,34-37,41-42H,3-17,19-20,22-27,32-33H2,1-2H3/b21-18-,30-29+/t34-,35-,36-,37+/m0/s1. The van der Waals surface area contributed by atoms with E-state index >= 15 is 0 Å². The van der Waals surface area contributed by atoms with Gasteiger partial charge in [-0.15, -0.1) is 0 Å². The van der Waals surface area contributed by atoms with Gasteiger partial charge in [-0.1, -0.05) is 147 Å². The Hall–Kier alpha value is -2.25. The van der Waals surface area contributed by atoms with E-state index in [0.29, 0.717) is 25.7 Å². The Bertz CT molecular complexity index is 893. The lowest BCUT2D eigenvalue weighted by atomic mass is 9.90. The molecule has 0 radical (unpaired) electrons. The predicted molar refractivity (Wildman–Crippen MR) is 191 cm³/mol. The zero-order valence-corrected chi connectivity index (χ0v) is 29.9. The van der Waals surface area contributed by atoms with Crippen molar-refractivity contribution in [2.24, 2.45) is 11.8 Å². The number of unbranched alkanes of at least 4 members (excludes halogenated alkanes) is 16. The van der Waals surface area contributed by atoms with Gasteiger partial charge in [0.05, 0.1) is 12.7 Å². The third-order valence-electron chi connectivity index (χ3n) is 8.93. The van der Waals surface area contributed by atoms with Crippen molar-refractivity contribution in [2.45, 2.75) is 174 Å². The third kappa shape index (κ3) is 23.7. The summed E-state index contributed by atoms with van der Waals surface area (Å²) in [5, 5.41) is 19.7. The molecule has 0 aliphatic heterocycles. The summed E-state index contributed by atoms with van der Waals surface area (Å²) in [7, 11) is 0. The van der Waals surface area contributed by atoms with Crippen LogP contribution in [0.3, 0.4) is 0 Å². The molecule has 0 saturated carbocycles. The number of hydrogen-bond acceptors (Lipinski definition) is 7. The number of carbonyl (C=O) groups is 3. The van der Waals surface area contributed by atoms with Crippen molar-refractivity contribution in [1.82, 2.24) is 0 Å². The molecule has 0 heterocycles. The molecule has 0 fully saturated rings. The summed E-state index contributed by atoms with van der Waals surface area (Å²) in [4.78, 5) is 36.6. The Kier molecular flexibility index (Phi) is 27.2. The molecule has 1 rings (SSSR count). The Labute approximate surface area is 286 Å². The number of ether oxygens (including phenoxy) is 2. The molecule has 7 heteroatoms. The molecule has 0 aromatic heterocycles. The second-order valence-corrected chi connectivity index (χ2v) is 13.3. The number of carbonyl (C=O) groups excluding carboxylic acids is 3. The quantitative estimate of drug-likeness (QED) is 0.0433. The molecule has 1 aliphatic rings. The van der Waals surface area contributed by atoms with Gasteiger partial charge in [-0.05, 0) is 44.1 Å². The Morgan fingerprint density at radius 2 is 1.36 bits per heavy atom. The van der Waals surface area contributed by atoms with Gasteiger partial charge in [0.15, 0.2) is 11.9 Å². The van der Waals surface area contributed by atoms with Gasteiger partial charge in [0.1, 0.15) is 6.61 Å². The fourth-order valence-electron chi connectivity index (χ4n) is 5.90. The first-order valence-corrected chi connectivity index (χ1v) is 19.1. The minimum absolute atomic E-state index is 0.0714. The number of rotatable bonds is 31. The first kappa shape index (κ1) is 42.8. The van der Waals surface area contributed by atoms with Crippen molar-refractivity contribution in [3.05, 3.63) is 36.5 Å². The molecule has 0 spiro atoms. The molecule has 0 unspecified atom stereocenters. The summed E-state index contributed by atoms with van der Waals surface area (Å²) in [5.74, 6) is -0.831. The lowest BCUT2D eigenvalue weighted by Crippen LogP contribution is -2.28. The summed E-state index contributed by atoms with van der Waals surface area (Å²) >= 11 is 0. The van der Waals surface area contributed by atoms with Crippen LogP contribution < -0.4 is 0 Å². The first-order chi connectivity index (χ1) is 22.9. The van der Waals surface area contributed by atoms with E-state index in [1.807, 2.05) is 24.3 Å². The molecule has 4 atom stereocenters. The molecule has 0 amide bonds. The van der Waals surface area contributed by atoms with E-state index in [-0.39, 0.29) is 36.6 Å². The molecular weight excluding hydrogens is 592 g/mol. The molecule has 7 nitrogen and oxygen atoms in total. The van der Waals surface area contributed by atoms with E-state index < -0.39 is 24.8 Å². The molecule has 0 aromatic rings. The summed E-state index contributed by atoms with van der Waals surface area (Å²) in [5.41, 5.74) is 0. The van der Waals surface area contributed by atoms with Gasteiger partial charge in [0, 0.05) is 18.8 Å². The summed E-state index contributed by atoms with van der Waals surface area (Å²) in [6.07, 6.45) is 33.9. The van der Waals surface area contributed by atoms with Crippen molar-refractivity contribution in [2.75, 3.05) is 13.2 Å². The highest BCUT2D eigenvalue weighted by atomic mass is 16.6. The molecule has 47 heavy (non-hydrogen) atoms. The van der Waals surface area contributed by atoms with Crippen molar-refractivity contribution in [3.8, 4) is 0 Å². The Balaban J connectivity index is 2.09. The molecule has 0 aromatic carbocycles. The van der Waals surface area contributed by atoms with Crippen LogP contribution in [-0.4, -0.2) is 53.4 Å². The van der Waals surface area contributed by atoms with Gasteiger partial charge in [0.25, 0.3) is 0 Å². The maximum absolute atomic E-state index is 12.3. The van der Waals surface area contributed by atoms with Crippen LogP contribution in [-0.2, 0) is 23.9 Å². The summed E-state index contributed by atoms with van der Waals surface area (Å²) in [6.45, 7) is 3.87. The smallest absolute Gasteiger partial charge is 0.306 e. The van der Waals surface area contributed by atoms with Gasteiger partial charge < -0.3 is 19.7 Å². The van der Waals surface area contributed by atoms with E-state index in [1.54, 1.807) is 12.2 Å². The largest absolute Gasteiger partial charge is 0.462 e. The monoisotopic (exact) mass is 660 g/mol. The van der Waals surface area contributed by atoms with E-state index in [9.17, 15) is 24.6 Å². The summed E-state index contributed by atoms with van der Waals surface area (Å²) < 4.78 is 10.6. The molecule has 0 saturated heterocycles. The zero-order chi connectivity index (χ0) is 34.4. The van der Waals surface area contributed by atoms with E-state index in [4.69, 9.17) is 9.47 Å². The van der Waals surface area contributed by atoms with E-state index in [2.05, 4.69) is 13.8 Å². The van der Waals surface area contributed by atoms with Gasteiger partial charge in [-0.25, -0.2) is 0 Å². The van der Waals surface area contributed by atoms with Crippen molar-refractivity contribution >= 4 is 17.7 Å². The first-order valence-electron chi connectivity index (χ1n) is 19.1. The number of esters is 2. The van der Waals surface area contributed by atoms with Crippen LogP contribution in [0.4, 0.5) is 0 Å². The summed E-state index contributed by atoms with van der Waals surface area (Å²) in [6, 6.07) is 0. The molecule has 2 N–H and O–H groups in total. The maximum Gasteiger partial charge on any atom is 0.306 e. The Morgan fingerprint density at radius 3 is 1.98 bits per heavy atom. The zero-order valence-electron chi connectivity index (χ0n) is 29.9. The average Bonchev–Trinajstić information content (AvgIpc) is 3.42. The highest BCUT2D eigenvalue weighted by molar-refractivity contribution is 5.95. The van der Waals surface area contributed by atoms with Crippen LogP contribution in [0.25, 0.3) is 0 Å². The highest BCUT2D eigenvalue weighted by Crippen LogP contribution is 2.27. The van der Waals surface area contributed by atoms with Crippen molar-refractivity contribution < 1.29 is 34.1 Å². The number of ketones is 1. The highest BCUT2D eigenvalue weighted by Gasteiger charge is 2.27. The van der Waals surface area contributed by atoms with Gasteiger partial charge in [-0.3, -0.25) is 14.4 Å². The lowest BCUT2D eigenvalue weighted by molar-refractivity contribution is -0.161. The van der Waals surface area contributed by atoms with E-state index in [1.165, 1.54) is 70.6 Å². The number of aliphatic hydroxyl groups excluding tert-OH is 2. The van der Waals surface area contributed by atoms with Crippen LogP contribution >= 0.6 is 0 Å². The maximum atomic E-state index is 12.3. The Morgan fingerprint density at radius 1 is 0.787 bits per heavy atom. The topological polar surface area (TPSA) is 110 Å². The van der Waals surface area contributed by atoms with Gasteiger partial charge in [-0.2, -0.15) is 0 Å². The minimum Gasteiger partial charge on any atom is -0.462 e. The fraction of sp³-hybridized carbons (Fsp3) is 0.775. The normalized spacial score (nSPS) is 17.6. The minimum atomic E-state index is -0.847. The lowest BCUT2D eigenvalue weighted by Gasteiger charge is -2.15. The number of allylic oxidation sites excluding steroid dienone is 5. The molecule has 0 bridgehead atoms.